The van der Waals surface area contributed by atoms with E-state index >= 15 is 0 Å². The van der Waals surface area contributed by atoms with Crippen LogP contribution in [0.3, 0.4) is 0 Å². The summed E-state index contributed by atoms with van der Waals surface area (Å²) in [6.07, 6.45) is 2.39. The molecule has 0 saturated heterocycles. The maximum atomic E-state index is 12.3. The number of nitrogens with one attached hydrogen (secondary N) is 2. The van der Waals surface area contributed by atoms with Crippen LogP contribution >= 0.6 is 11.3 Å². The Balaban J connectivity index is 2.22. The van der Waals surface area contributed by atoms with Crippen LogP contribution < -0.4 is 16.0 Å². The van der Waals surface area contributed by atoms with Crippen LogP contribution in [-0.2, 0) is 10.0 Å². The minimum Gasteiger partial charge on any atom is -0.292 e. The van der Waals surface area contributed by atoms with E-state index in [0.717, 1.165) is 15.6 Å². The number of hydrazine groups is 1. The number of hydrogen-bond donors (Lipinski definition) is 3. The van der Waals surface area contributed by atoms with Crippen LogP contribution in [0.5, 0.6) is 0 Å². The highest BCUT2D eigenvalue weighted by molar-refractivity contribution is 7.89. The van der Waals surface area contributed by atoms with E-state index in [1.165, 1.54) is 23.7 Å². The molecule has 114 valence electrons. The highest BCUT2D eigenvalue weighted by atomic mass is 32.2. The van der Waals surface area contributed by atoms with Crippen molar-refractivity contribution in [3.63, 3.8) is 0 Å². The summed E-state index contributed by atoms with van der Waals surface area (Å²) in [6.45, 7) is 5.51. The monoisotopic (exact) mass is 328 g/mol. The summed E-state index contributed by atoms with van der Waals surface area (Å²) in [5, 5.41) is 0.898. The van der Waals surface area contributed by atoms with E-state index < -0.39 is 10.0 Å². The van der Waals surface area contributed by atoms with Crippen molar-refractivity contribution in [2.24, 2.45) is 5.84 Å². The topological polar surface area (TPSA) is 123 Å². The molecule has 0 aliphatic heterocycles. The van der Waals surface area contributed by atoms with E-state index in [4.69, 9.17) is 5.84 Å². The summed E-state index contributed by atoms with van der Waals surface area (Å²) >= 11 is 1.47. The van der Waals surface area contributed by atoms with E-state index in [-0.39, 0.29) is 16.9 Å². The van der Waals surface area contributed by atoms with Crippen LogP contribution in [0.15, 0.2) is 17.3 Å². The molecule has 0 radical (unpaired) electrons. The highest BCUT2D eigenvalue weighted by Gasteiger charge is 2.22. The first-order chi connectivity index (χ1) is 9.83. The second-order valence-electron chi connectivity index (χ2n) is 4.41. The van der Waals surface area contributed by atoms with Gasteiger partial charge in [0.15, 0.2) is 0 Å². The van der Waals surface area contributed by atoms with Gasteiger partial charge in [-0.3, -0.25) is 5.43 Å². The molecule has 1 unspecified atom stereocenters. The summed E-state index contributed by atoms with van der Waals surface area (Å²) in [6, 6.07) is -0.381. The molecule has 2 heterocycles. The normalized spacial score (nSPS) is 13.1. The zero-order valence-corrected chi connectivity index (χ0v) is 13.4. The molecule has 0 aliphatic rings. The van der Waals surface area contributed by atoms with Crippen molar-refractivity contribution in [2.45, 2.75) is 31.7 Å². The van der Waals surface area contributed by atoms with E-state index in [1.807, 2.05) is 13.8 Å². The van der Waals surface area contributed by atoms with Crippen LogP contribution in [0.1, 0.15) is 28.5 Å². The molecule has 21 heavy (non-hydrogen) atoms. The Hall–Kier alpha value is -1.62. The number of aromatic nitrogens is 3. The summed E-state index contributed by atoms with van der Waals surface area (Å²) in [4.78, 5) is 12.7. The van der Waals surface area contributed by atoms with Crippen LogP contribution in [0.25, 0.3) is 0 Å². The van der Waals surface area contributed by atoms with Crippen molar-refractivity contribution in [3.8, 4) is 0 Å². The third-order valence-electron chi connectivity index (χ3n) is 2.73. The van der Waals surface area contributed by atoms with Crippen molar-refractivity contribution >= 4 is 27.3 Å². The average Bonchev–Trinajstić information content (AvgIpc) is 2.77. The molecule has 4 N–H and O–H groups in total. The number of nitrogens with zero attached hydrogens (tertiary/aromatic N) is 3. The fourth-order valence-electron chi connectivity index (χ4n) is 1.83. The van der Waals surface area contributed by atoms with Gasteiger partial charge in [-0.1, -0.05) is 0 Å². The van der Waals surface area contributed by atoms with Gasteiger partial charge in [-0.25, -0.2) is 33.9 Å². The van der Waals surface area contributed by atoms with E-state index in [9.17, 15) is 8.42 Å². The Morgan fingerprint density at radius 3 is 2.38 bits per heavy atom. The number of sulfonamides is 1. The quantitative estimate of drug-likeness (QED) is 0.550. The zero-order valence-electron chi connectivity index (χ0n) is 11.8. The Labute approximate surface area is 126 Å². The van der Waals surface area contributed by atoms with Crippen molar-refractivity contribution in [1.82, 2.24) is 19.7 Å². The molecular weight excluding hydrogens is 312 g/mol. The van der Waals surface area contributed by atoms with Gasteiger partial charge < -0.3 is 0 Å². The van der Waals surface area contributed by atoms with Crippen molar-refractivity contribution in [1.29, 1.82) is 0 Å². The molecule has 8 nitrogen and oxygen atoms in total. The van der Waals surface area contributed by atoms with Crippen LogP contribution in [0.4, 0.5) is 5.95 Å². The van der Waals surface area contributed by atoms with Gasteiger partial charge in [0, 0.05) is 4.88 Å². The molecule has 0 bridgehead atoms. The van der Waals surface area contributed by atoms with Gasteiger partial charge in [0.1, 0.15) is 4.90 Å². The van der Waals surface area contributed by atoms with Crippen LogP contribution in [0.2, 0.25) is 0 Å². The minimum absolute atomic E-state index is 0.0211. The molecule has 0 saturated carbocycles. The maximum Gasteiger partial charge on any atom is 0.244 e. The zero-order chi connectivity index (χ0) is 15.6. The largest absolute Gasteiger partial charge is 0.292 e. The molecule has 2 aromatic heterocycles. The number of anilines is 1. The lowest BCUT2D eigenvalue weighted by molar-refractivity contribution is 0.567. The third-order valence-corrected chi connectivity index (χ3v) is 5.48. The smallest absolute Gasteiger partial charge is 0.244 e. The van der Waals surface area contributed by atoms with Gasteiger partial charge in [-0.05, 0) is 20.8 Å². The third kappa shape index (κ3) is 3.53. The average molecular weight is 328 g/mol. The first-order valence-corrected chi connectivity index (χ1v) is 8.38. The number of nitrogen functional groups attached to an aromatic ring is 1. The molecule has 0 spiro atoms. The number of rotatable bonds is 5. The van der Waals surface area contributed by atoms with Gasteiger partial charge in [0.05, 0.1) is 29.1 Å². The van der Waals surface area contributed by atoms with Crippen molar-refractivity contribution < 1.29 is 8.42 Å². The van der Waals surface area contributed by atoms with Gasteiger partial charge in [-0.15, -0.1) is 11.3 Å². The lowest BCUT2D eigenvalue weighted by atomic mass is 10.2. The Morgan fingerprint density at radius 2 is 1.90 bits per heavy atom. The molecular formula is C11H16N6O2S2. The number of nitrogens with two attached hydrogens (primary N) is 1. The molecule has 10 heteroatoms. The maximum absolute atomic E-state index is 12.3. The van der Waals surface area contributed by atoms with Gasteiger partial charge in [0.25, 0.3) is 0 Å². The van der Waals surface area contributed by atoms with E-state index in [1.54, 1.807) is 6.92 Å². The Morgan fingerprint density at radius 1 is 1.29 bits per heavy atom. The van der Waals surface area contributed by atoms with Crippen molar-refractivity contribution in [3.05, 3.63) is 28.0 Å². The standard InChI is InChI=1S/C11H16N6O2S2/c1-6-10(20-8(3)15-6)7(2)17-21(18,19)9-4-13-11(16-12)14-5-9/h4-5,7,17H,12H2,1-3H3,(H,13,14,16). The second kappa shape index (κ2) is 6.02. The predicted octanol–water partition coefficient (Wildman–Crippen LogP) is 0.875. The minimum atomic E-state index is -3.70. The summed E-state index contributed by atoms with van der Waals surface area (Å²) in [7, 11) is -3.70. The molecule has 0 amide bonds. The first kappa shape index (κ1) is 15.8. The van der Waals surface area contributed by atoms with Gasteiger partial charge in [0.2, 0.25) is 16.0 Å². The number of aryl methyl sites for hydroxylation is 2. The molecule has 0 aliphatic carbocycles. The predicted molar refractivity (Wildman–Crippen MR) is 80.2 cm³/mol. The number of hydrogen-bond acceptors (Lipinski definition) is 8. The van der Waals surface area contributed by atoms with Gasteiger partial charge in [-0.2, -0.15) is 0 Å². The number of thiazole rings is 1. The second-order valence-corrected chi connectivity index (χ2v) is 7.36. The van der Waals surface area contributed by atoms with Gasteiger partial charge >= 0.3 is 0 Å². The summed E-state index contributed by atoms with van der Waals surface area (Å²) in [5.41, 5.74) is 3.06. The Kier molecular flexibility index (Phi) is 4.52. The molecule has 2 rings (SSSR count). The summed E-state index contributed by atoms with van der Waals surface area (Å²) < 4.78 is 27.1. The Bertz CT molecular complexity index is 726. The SMILES string of the molecule is Cc1nc(C)c(C(C)NS(=O)(=O)c2cnc(NN)nc2)s1. The van der Waals surface area contributed by atoms with Crippen LogP contribution in [-0.4, -0.2) is 23.4 Å². The lowest BCUT2D eigenvalue weighted by Crippen LogP contribution is -2.27. The van der Waals surface area contributed by atoms with E-state index in [2.05, 4.69) is 25.1 Å². The summed E-state index contributed by atoms with van der Waals surface area (Å²) in [5.74, 6) is 5.29. The van der Waals surface area contributed by atoms with Crippen LogP contribution in [0, 0.1) is 13.8 Å². The highest BCUT2D eigenvalue weighted by Crippen LogP contribution is 2.25. The molecule has 0 aromatic carbocycles. The molecule has 1 atom stereocenters. The lowest BCUT2D eigenvalue weighted by Gasteiger charge is -2.13. The first-order valence-electron chi connectivity index (χ1n) is 6.08. The van der Waals surface area contributed by atoms with Crippen molar-refractivity contribution in [2.75, 3.05) is 5.43 Å². The van der Waals surface area contributed by atoms with E-state index in [0.29, 0.717) is 0 Å². The fourth-order valence-corrected chi connectivity index (χ4v) is 3.94. The fraction of sp³-hybridized carbons (Fsp3) is 0.364. The molecule has 2 aromatic rings. The molecule has 0 fully saturated rings.